The summed E-state index contributed by atoms with van der Waals surface area (Å²) in [5.74, 6) is 0.0961. The highest BCUT2D eigenvalue weighted by Gasteiger charge is 2.23. The highest BCUT2D eigenvalue weighted by Crippen LogP contribution is 2.27. The molecule has 1 heterocycles. The molecule has 0 aliphatic heterocycles. The molecule has 19 heavy (non-hydrogen) atoms. The Morgan fingerprint density at radius 1 is 1.42 bits per heavy atom. The van der Waals surface area contributed by atoms with Crippen LogP contribution in [0, 0.1) is 5.82 Å². The van der Waals surface area contributed by atoms with Crippen molar-refractivity contribution in [2.45, 2.75) is 25.9 Å². The van der Waals surface area contributed by atoms with Crippen LogP contribution in [0.4, 0.5) is 10.3 Å². The number of aromatic nitrogens is 2. The average molecular weight is 329 g/mol. The number of hydrogen-bond donors (Lipinski definition) is 1. The molecule has 2 N–H and O–H groups in total. The topological polar surface area (TPSA) is 47.1 Å². The first-order valence-corrected chi connectivity index (χ1v) is 6.80. The maximum atomic E-state index is 13.7. The van der Waals surface area contributed by atoms with Crippen LogP contribution in [0.15, 0.2) is 16.6 Å². The number of hydrogen-bond acceptors (Lipinski definition) is 3. The Balaban J connectivity index is 2.54. The molecular weight excluding hydrogens is 311 g/mol. The normalized spacial score (nSPS) is 12.6. The number of imidazole rings is 1. The van der Waals surface area contributed by atoms with Crippen molar-refractivity contribution in [3.63, 3.8) is 0 Å². The summed E-state index contributed by atoms with van der Waals surface area (Å²) < 4.78 is 15.9. The Morgan fingerprint density at radius 3 is 2.63 bits per heavy atom. The van der Waals surface area contributed by atoms with Crippen LogP contribution in [-0.4, -0.2) is 34.1 Å². The zero-order valence-electron chi connectivity index (χ0n) is 11.5. The second kappa shape index (κ2) is 4.76. The van der Waals surface area contributed by atoms with Crippen molar-refractivity contribution >= 4 is 32.9 Å². The number of anilines is 1. The standard InChI is InChI=1S/C13H18BrFN4/c1-13(2,18(3)4)7-19-11-6-9(15)8(14)5-10(11)17-12(19)16/h5-6H,7H2,1-4H3,(H2,16,17). The van der Waals surface area contributed by atoms with E-state index in [9.17, 15) is 4.39 Å². The summed E-state index contributed by atoms with van der Waals surface area (Å²) in [6, 6.07) is 3.12. The van der Waals surface area contributed by atoms with Crippen molar-refractivity contribution in [2.24, 2.45) is 0 Å². The molecule has 0 aliphatic rings. The van der Waals surface area contributed by atoms with E-state index in [1.807, 2.05) is 18.7 Å². The average Bonchev–Trinajstić information content (AvgIpc) is 2.56. The molecule has 0 atom stereocenters. The van der Waals surface area contributed by atoms with E-state index >= 15 is 0 Å². The van der Waals surface area contributed by atoms with Crippen LogP contribution >= 0.6 is 15.9 Å². The quantitative estimate of drug-likeness (QED) is 0.942. The van der Waals surface area contributed by atoms with E-state index in [-0.39, 0.29) is 11.4 Å². The van der Waals surface area contributed by atoms with E-state index in [2.05, 4.69) is 39.7 Å². The van der Waals surface area contributed by atoms with Crippen molar-refractivity contribution in [1.82, 2.24) is 14.5 Å². The molecule has 0 unspecified atom stereocenters. The largest absolute Gasteiger partial charge is 0.369 e. The molecule has 0 saturated carbocycles. The molecule has 0 bridgehead atoms. The van der Waals surface area contributed by atoms with Crippen LogP contribution in [0.25, 0.3) is 11.0 Å². The fourth-order valence-corrected chi connectivity index (χ4v) is 2.16. The number of benzene rings is 1. The maximum absolute atomic E-state index is 13.7. The third-order valence-corrected chi connectivity index (χ3v) is 4.18. The Hall–Kier alpha value is -1.14. The number of nitrogen functional groups attached to an aromatic ring is 1. The monoisotopic (exact) mass is 328 g/mol. The van der Waals surface area contributed by atoms with Gasteiger partial charge >= 0.3 is 0 Å². The molecule has 4 nitrogen and oxygen atoms in total. The lowest BCUT2D eigenvalue weighted by Crippen LogP contribution is -2.42. The summed E-state index contributed by atoms with van der Waals surface area (Å²) in [6.45, 7) is 4.85. The summed E-state index contributed by atoms with van der Waals surface area (Å²) in [5, 5.41) is 0. The van der Waals surface area contributed by atoms with Crippen LogP contribution in [-0.2, 0) is 6.54 Å². The first-order chi connectivity index (χ1) is 8.72. The van der Waals surface area contributed by atoms with Gasteiger partial charge in [0.2, 0.25) is 5.95 Å². The molecule has 1 aromatic heterocycles. The van der Waals surface area contributed by atoms with Crippen molar-refractivity contribution in [3.05, 3.63) is 22.4 Å². The summed E-state index contributed by atoms with van der Waals surface area (Å²) in [7, 11) is 4.01. The molecule has 0 fully saturated rings. The molecule has 6 heteroatoms. The lowest BCUT2D eigenvalue weighted by Gasteiger charge is -2.33. The van der Waals surface area contributed by atoms with Gasteiger partial charge in [0.1, 0.15) is 5.82 Å². The van der Waals surface area contributed by atoms with E-state index in [0.717, 1.165) is 0 Å². The summed E-state index contributed by atoms with van der Waals surface area (Å²) in [6.07, 6.45) is 0. The van der Waals surface area contributed by atoms with Gasteiger partial charge in [-0.1, -0.05) is 0 Å². The van der Waals surface area contributed by atoms with Gasteiger partial charge in [0.05, 0.1) is 15.5 Å². The molecule has 1 aromatic carbocycles. The maximum Gasteiger partial charge on any atom is 0.201 e. The summed E-state index contributed by atoms with van der Waals surface area (Å²) >= 11 is 3.16. The number of nitrogens with two attached hydrogens (primary N) is 1. The van der Waals surface area contributed by atoms with Gasteiger partial charge in [-0.3, -0.25) is 0 Å². The zero-order valence-corrected chi connectivity index (χ0v) is 13.1. The van der Waals surface area contributed by atoms with Crippen LogP contribution in [0.2, 0.25) is 0 Å². The minimum atomic E-state index is -0.309. The van der Waals surface area contributed by atoms with E-state index in [4.69, 9.17) is 5.73 Å². The first kappa shape index (κ1) is 14.3. The zero-order chi connectivity index (χ0) is 14.4. The Bertz CT molecular complexity index is 619. The van der Waals surface area contributed by atoms with E-state index in [1.54, 1.807) is 6.07 Å². The van der Waals surface area contributed by atoms with Gasteiger partial charge in [-0.15, -0.1) is 0 Å². The van der Waals surface area contributed by atoms with Crippen molar-refractivity contribution in [2.75, 3.05) is 19.8 Å². The summed E-state index contributed by atoms with van der Waals surface area (Å²) in [4.78, 5) is 6.39. The van der Waals surface area contributed by atoms with Crippen LogP contribution in [0.1, 0.15) is 13.8 Å². The number of likely N-dealkylation sites (N-methyl/N-ethyl adjacent to an activating group) is 1. The van der Waals surface area contributed by atoms with Crippen molar-refractivity contribution < 1.29 is 4.39 Å². The van der Waals surface area contributed by atoms with Gasteiger partial charge < -0.3 is 15.2 Å². The number of fused-ring (bicyclic) bond motifs is 1. The highest BCUT2D eigenvalue weighted by molar-refractivity contribution is 9.10. The lowest BCUT2D eigenvalue weighted by atomic mass is 10.0. The summed E-state index contributed by atoms with van der Waals surface area (Å²) in [5.41, 5.74) is 7.26. The second-order valence-electron chi connectivity index (χ2n) is 5.52. The van der Waals surface area contributed by atoms with Gasteiger partial charge in [0.15, 0.2) is 0 Å². The fourth-order valence-electron chi connectivity index (χ4n) is 1.83. The molecular formula is C13H18BrFN4. The van der Waals surface area contributed by atoms with Gasteiger partial charge in [-0.2, -0.15) is 0 Å². The molecule has 2 aromatic rings. The molecule has 0 amide bonds. The molecule has 0 spiro atoms. The Kier molecular flexibility index (Phi) is 3.57. The molecule has 0 radical (unpaired) electrons. The van der Waals surface area contributed by atoms with Crippen LogP contribution in [0.5, 0.6) is 0 Å². The third kappa shape index (κ3) is 2.60. The number of nitrogens with zero attached hydrogens (tertiary/aromatic N) is 3. The lowest BCUT2D eigenvalue weighted by molar-refractivity contribution is 0.172. The van der Waals surface area contributed by atoms with Crippen molar-refractivity contribution in [1.29, 1.82) is 0 Å². The minimum Gasteiger partial charge on any atom is -0.369 e. The van der Waals surface area contributed by atoms with Gasteiger partial charge in [0, 0.05) is 18.2 Å². The third-order valence-electron chi connectivity index (χ3n) is 3.58. The highest BCUT2D eigenvalue weighted by atomic mass is 79.9. The van der Waals surface area contributed by atoms with E-state index in [1.165, 1.54) is 6.07 Å². The molecule has 104 valence electrons. The number of rotatable bonds is 3. The number of halogens is 2. The minimum absolute atomic E-state index is 0.106. The SMILES string of the molecule is CN(C)C(C)(C)Cn1c(N)nc2cc(Br)c(F)cc21. The predicted octanol–water partition coefficient (Wildman–Crippen LogP) is 2.86. The van der Waals surface area contributed by atoms with Gasteiger partial charge in [-0.05, 0) is 49.9 Å². The Labute approximate surface area is 120 Å². The van der Waals surface area contributed by atoms with E-state index in [0.29, 0.717) is 28.0 Å². The fraction of sp³-hybridized carbons (Fsp3) is 0.462. The predicted molar refractivity (Wildman–Crippen MR) is 79.6 cm³/mol. The van der Waals surface area contributed by atoms with Crippen LogP contribution < -0.4 is 5.73 Å². The Morgan fingerprint density at radius 2 is 2.05 bits per heavy atom. The van der Waals surface area contributed by atoms with E-state index < -0.39 is 0 Å². The van der Waals surface area contributed by atoms with Gasteiger partial charge in [-0.25, -0.2) is 9.37 Å². The van der Waals surface area contributed by atoms with Gasteiger partial charge in [0.25, 0.3) is 0 Å². The molecule has 2 rings (SSSR count). The second-order valence-corrected chi connectivity index (χ2v) is 6.37. The first-order valence-electron chi connectivity index (χ1n) is 6.00. The van der Waals surface area contributed by atoms with Crippen molar-refractivity contribution in [3.8, 4) is 0 Å². The van der Waals surface area contributed by atoms with Crippen LogP contribution in [0.3, 0.4) is 0 Å². The smallest absolute Gasteiger partial charge is 0.201 e. The molecule has 0 aliphatic carbocycles. The molecule has 0 saturated heterocycles.